The molecule has 5 heteroatoms. The smallest absolute Gasteiger partial charge is 0.234 e. The number of amides is 1. The van der Waals surface area contributed by atoms with E-state index in [1.807, 2.05) is 18.7 Å². The van der Waals surface area contributed by atoms with Crippen molar-refractivity contribution >= 4 is 5.91 Å². The number of nitrogens with one attached hydrogen (secondary N) is 1. The van der Waals surface area contributed by atoms with Crippen LogP contribution in [0.2, 0.25) is 0 Å². The molecule has 1 saturated heterocycles. The second-order valence-corrected chi connectivity index (χ2v) is 4.94. The van der Waals surface area contributed by atoms with Crippen molar-refractivity contribution < 1.29 is 14.6 Å². The summed E-state index contributed by atoms with van der Waals surface area (Å²) in [4.78, 5) is 13.6. The lowest BCUT2D eigenvalue weighted by atomic mass is 10.1. The third-order valence-corrected chi connectivity index (χ3v) is 2.57. The van der Waals surface area contributed by atoms with Gasteiger partial charge in [0.2, 0.25) is 5.91 Å². The van der Waals surface area contributed by atoms with E-state index < -0.39 is 0 Å². The van der Waals surface area contributed by atoms with Crippen LogP contribution in [0.1, 0.15) is 13.8 Å². The molecule has 0 radical (unpaired) electrons. The molecule has 0 bridgehead atoms. The summed E-state index contributed by atoms with van der Waals surface area (Å²) in [7, 11) is 0. The number of ether oxygens (including phenoxy) is 1. The molecule has 0 spiro atoms. The van der Waals surface area contributed by atoms with Crippen LogP contribution in [0.25, 0.3) is 0 Å². The van der Waals surface area contributed by atoms with E-state index in [2.05, 4.69) is 11.9 Å². The molecule has 1 amide bonds. The molecule has 0 aromatic carbocycles. The number of morpholine rings is 1. The summed E-state index contributed by atoms with van der Waals surface area (Å²) in [5.41, 5.74) is -0.329. The van der Waals surface area contributed by atoms with E-state index in [0.29, 0.717) is 26.2 Å². The zero-order valence-corrected chi connectivity index (χ0v) is 10.6. The molecule has 0 aromatic rings. The Kier molecular flexibility index (Phi) is 5.11. The summed E-state index contributed by atoms with van der Waals surface area (Å²) in [5, 5.41) is 11.9. The first kappa shape index (κ1) is 14.2. The number of hydrogen-bond donors (Lipinski definition) is 2. The molecule has 17 heavy (non-hydrogen) atoms. The van der Waals surface area contributed by atoms with E-state index in [1.165, 1.54) is 0 Å². The van der Waals surface area contributed by atoms with Gasteiger partial charge in [-0.1, -0.05) is 6.08 Å². The Morgan fingerprint density at radius 3 is 3.00 bits per heavy atom. The molecule has 1 rings (SSSR count). The molecule has 1 atom stereocenters. The Labute approximate surface area is 102 Å². The maximum atomic E-state index is 11.6. The van der Waals surface area contributed by atoms with E-state index in [4.69, 9.17) is 9.84 Å². The first-order chi connectivity index (χ1) is 7.96. The van der Waals surface area contributed by atoms with Crippen LogP contribution in [0, 0.1) is 0 Å². The number of nitrogens with zero attached hydrogens (tertiary/aromatic N) is 1. The van der Waals surface area contributed by atoms with Crippen molar-refractivity contribution in [1.82, 2.24) is 10.2 Å². The predicted octanol–water partition coefficient (Wildman–Crippen LogP) is -0.240. The van der Waals surface area contributed by atoms with Crippen LogP contribution >= 0.6 is 0 Å². The molecule has 2 N–H and O–H groups in total. The van der Waals surface area contributed by atoms with Crippen molar-refractivity contribution in [1.29, 1.82) is 0 Å². The summed E-state index contributed by atoms with van der Waals surface area (Å²) < 4.78 is 5.68. The Balaban J connectivity index is 2.46. The van der Waals surface area contributed by atoms with E-state index in [-0.39, 0.29) is 24.2 Å². The third-order valence-electron chi connectivity index (χ3n) is 2.57. The zero-order valence-electron chi connectivity index (χ0n) is 10.6. The number of aliphatic hydroxyl groups is 1. The fourth-order valence-corrected chi connectivity index (χ4v) is 2.08. The van der Waals surface area contributed by atoms with E-state index in [1.54, 1.807) is 6.08 Å². The van der Waals surface area contributed by atoms with Gasteiger partial charge in [0, 0.05) is 19.6 Å². The fraction of sp³-hybridized carbons (Fsp3) is 0.750. The maximum Gasteiger partial charge on any atom is 0.234 e. The van der Waals surface area contributed by atoms with Crippen molar-refractivity contribution in [3.8, 4) is 0 Å². The van der Waals surface area contributed by atoms with Gasteiger partial charge in [-0.25, -0.2) is 0 Å². The van der Waals surface area contributed by atoms with E-state index in [9.17, 15) is 4.79 Å². The lowest BCUT2D eigenvalue weighted by Gasteiger charge is -2.41. The highest BCUT2D eigenvalue weighted by atomic mass is 16.5. The molecule has 1 fully saturated rings. The minimum Gasteiger partial charge on any atom is -0.394 e. The van der Waals surface area contributed by atoms with Gasteiger partial charge in [-0.3, -0.25) is 9.69 Å². The van der Waals surface area contributed by atoms with Crippen molar-refractivity contribution in [3.05, 3.63) is 12.7 Å². The summed E-state index contributed by atoms with van der Waals surface area (Å²) in [5.74, 6) is -0.0284. The summed E-state index contributed by atoms with van der Waals surface area (Å²) in [6.45, 7) is 9.53. The highest BCUT2D eigenvalue weighted by Crippen LogP contribution is 2.20. The second-order valence-electron chi connectivity index (χ2n) is 4.94. The zero-order chi connectivity index (χ0) is 12.9. The molecule has 1 heterocycles. The van der Waals surface area contributed by atoms with Gasteiger partial charge < -0.3 is 15.2 Å². The van der Waals surface area contributed by atoms with Crippen LogP contribution in [-0.2, 0) is 9.53 Å². The Bertz CT molecular complexity index is 279. The van der Waals surface area contributed by atoms with E-state index in [0.717, 1.165) is 0 Å². The van der Waals surface area contributed by atoms with Gasteiger partial charge in [-0.2, -0.15) is 0 Å². The third kappa shape index (κ3) is 4.85. The standard InChI is InChI=1S/C12H22N2O3/c1-4-5-13-11(16)7-14-6-10(8-15)17-12(2,3)9-14/h4,10,15H,1,5-9H2,2-3H3,(H,13,16). The number of aliphatic hydroxyl groups excluding tert-OH is 1. The minimum atomic E-state index is -0.329. The molecule has 1 aliphatic heterocycles. The molecule has 1 unspecified atom stereocenters. The van der Waals surface area contributed by atoms with Crippen LogP contribution < -0.4 is 5.32 Å². The summed E-state index contributed by atoms with van der Waals surface area (Å²) >= 11 is 0. The number of carbonyl (C=O) groups is 1. The predicted molar refractivity (Wildman–Crippen MR) is 65.7 cm³/mol. The van der Waals surface area contributed by atoms with Gasteiger partial charge in [0.05, 0.1) is 24.9 Å². The van der Waals surface area contributed by atoms with Crippen LogP contribution in [0.3, 0.4) is 0 Å². The molecule has 0 aliphatic carbocycles. The normalized spacial score (nSPS) is 24.3. The molecule has 1 aliphatic rings. The SMILES string of the molecule is C=CCNC(=O)CN1CC(CO)OC(C)(C)C1. The van der Waals surface area contributed by atoms with Gasteiger partial charge in [-0.05, 0) is 13.8 Å². The molecular weight excluding hydrogens is 220 g/mol. The first-order valence-electron chi connectivity index (χ1n) is 5.85. The first-order valence-corrected chi connectivity index (χ1v) is 5.85. The number of hydrogen-bond acceptors (Lipinski definition) is 4. The van der Waals surface area contributed by atoms with Crippen LogP contribution in [0.4, 0.5) is 0 Å². The Hall–Kier alpha value is -0.910. The Morgan fingerprint density at radius 1 is 1.71 bits per heavy atom. The van der Waals surface area contributed by atoms with Gasteiger partial charge in [0.1, 0.15) is 0 Å². The van der Waals surface area contributed by atoms with Crippen LogP contribution in [-0.4, -0.2) is 60.4 Å². The summed E-state index contributed by atoms with van der Waals surface area (Å²) in [6, 6.07) is 0. The van der Waals surface area contributed by atoms with Crippen molar-refractivity contribution in [2.24, 2.45) is 0 Å². The lowest BCUT2D eigenvalue weighted by molar-refractivity contribution is -0.153. The average molecular weight is 242 g/mol. The second kappa shape index (κ2) is 6.14. The number of rotatable bonds is 5. The van der Waals surface area contributed by atoms with Gasteiger partial charge in [0.25, 0.3) is 0 Å². The molecule has 98 valence electrons. The fourth-order valence-electron chi connectivity index (χ4n) is 2.08. The van der Waals surface area contributed by atoms with Gasteiger partial charge in [-0.15, -0.1) is 6.58 Å². The molecule has 0 saturated carbocycles. The van der Waals surface area contributed by atoms with Crippen LogP contribution in [0.5, 0.6) is 0 Å². The summed E-state index contributed by atoms with van der Waals surface area (Å²) in [6.07, 6.45) is 1.43. The van der Waals surface area contributed by atoms with Crippen molar-refractivity contribution in [2.45, 2.75) is 25.6 Å². The Morgan fingerprint density at radius 2 is 2.41 bits per heavy atom. The highest BCUT2D eigenvalue weighted by molar-refractivity contribution is 5.78. The largest absolute Gasteiger partial charge is 0.394 e. The maximum absolute atomic E-state index is 11.6. The quantitative estimate of drug-likeness (QED) is 0.653. The molecular formula is C12H22N2O3. The van der Waals surface area contributed by atoms with Crippen LogP contribution in [0.15, 0.2) is 12.7 Å². The van der Waals surface area contributed by atoms with Crippen molar-refractivity contribution in [2.75, 3.05) is 32.8 Å². The lowest BCUT2D eigenvalue weighted by Crippen LogP contribution is -2.55. The monoisotopic (exact) mass is 242 g/mol. The topological polar surface area (TPSA) is 61.8 Å². The minimum absolute atomic E-state index is 0.0196. The number of carbonyl (C=O) groups excluding carboxylic acids is 1. The van der Waals surface area contributed by atoms with Gasteiger partial charge >= 0.3 is 0 Å². The molecule has 0 aromatic heterocycles. The van der Waals surface area contributed by atoms with Crippen molar-refractivity contribution in [3.63, 3.8) is 0 Å². The van der Waals surface area contributed by atoms with E-state index >= 15 is 0 Å². The highest BCUT2D eigenvalue weighted by Gasteiger charge is 2.33. The average Bonchev–Trinajstić information content (AvgIpc) is 2.24. The molecule has 5 nitrogen and oxygen atoms in total. The van der Waals surface area contributed by atoms with Gasteiger partial charge in [0.15, 0.2) is 0 Å².